The molecule has 3 fully saturated rings. The molecular formula is C20H25FN2O4. The van der Waals surface area contributed by atoms with E-state index in [-0.39, 0.29) is 30.3 Å². The lowest BCUT2D eigenvalue weighted by Crippen LogP contribution is -2.47. The molecule has 146 valence electrons. The number of fused-ring (bicyclic) bond motifs is 1. The van der Waals surface area contributed by atoms with Gasteiger partial charge in [0.05, 0.1) is 25.1 Å². The number of amides is 1. The van der Waals surface area contributed by atoms with E-state index in [0.717, 1.165) is 18.4 Å². The Morgan fingerprint density at radius 1 is 1.26 bits per heavy atom. The molecule has 1 N–H and O–H groups in total. The summed E-state index contributed by atoms with van der Waals surface area (Å²) in [7, 11) is 0. The van der Waals surface area contributed by atoms with Crippen LogP contribution in [0.25, 0.3) is 0 Å². The summed E-state index contributed by atoms with van der Waals surface area (Å²) >= 11 is 0. The maximum Gasteiger partial charge on any atom is 0.311 e. The Hall–Kier alpha value is -1.99. The van der Waals surface area contributed by atoms with Crippen molar-refractivity contribution in [3.05, 3.63) is 35.6 Å². The average molecular weight is 376 g/mol. The summed E-state index contributed by atoms with van der Waals surface area (Å²) in [5.74, 6) is -0.859. The van der Waals surface area contributed by atoms with E-state index < -0.39 is 11.4 Å². The van der Waals surface area contributed by atoms with Crippen LogP contribution in [0.15, 0.2) is 24.3 Å². The highest BCUT2D eigenvalue weighted by molar-refractivity contribution is 5.79. The maximum absolute atomic E-state index is 13.1. The van der Waals surface area contributed by atoms with Crippen molar-refractivity contribution in [2.45, 2.75) is 25.4 Å². The highest BCUT2D eigenvalue weighted by Crippen LogP contribution is 2.48. The molecule has 2 heterocycles. The molecule has 1 aromatic carbocycles. The molecule has 6 nitrogen and oxygen atoms in total. The van der Waals surface area contributed by atoms with Gasteiger partial charge in [0.25, 0.3) is 0 Å². The molecule has 0 aromatic heterocycles. The second-order valence-corrected chi connectivity index (χ2v) is 7.97. The van der Waals surface area contributed by atoms with Crippen LogP contribution in [0.1, 0.15) is 30.9 Å². The number of carboxylic acid groups (broad SMARTS) is 1. The minimum Gasteiger partial charge on any atom is -0.481 e. The van der Waals surface area contributed by atoms with Gasteiger partial charge in [-0.1, -0.05) is 18.6 Å². The van der Waals surface area contributed by atoms with Crippen LogP contribution in [0.4, 0.5) is 4.39 Å². The topological polar surface area (TPSA) is 70.1 Å². The van der Waals surface area contributed by atoms with E-state index >= 15 is 0 Å². The number of aliphatic carboxylic acids is 1. The van der Waals surface area contributed by atoms with Crippen molar-refractivity contribution in [3.8, 4) is 0 Å². The third-order valence-electron chi connectivity index (χ3n) is 6.39. The second-order valence-electron chi connectivity index (χ2n) is 7.97. The van der Waals surface area contributed by atoms with Crippen LogP contribution in [-0.2, 0) is 14.3 Å². The number of hydrogen-bond donors (Lipinski definition) is 1. The first kappa shape index (κ1) is 18.4. The van der Waals surface area contributed by atoms with Gasteiger partial charge in [0.2, 0.25) is 5.91 Å². The second kappa shape index (κ2) is 7.20. The molecule has 2 saturated heterocycles. The molecular weight excluding hydrogens is 351 g/mol. The number of rotatable bonds is 4. The van der Waals surface area contributed by atoms with Gasteiger partial charge >= 0.3 is 5.97 Å². The van der Waals surface area contributed by atoms with E-state index in [1.807, 2.05) is 4.90 Å². The lowest BCUT2D eigenvalue weighted by Gasteiger charge is -2.34. The lowest BCUT2D eigenvalue weighted by atomic mass is 9.81. The first-order valence-electron chi connectivity index (χ1n) is 9.58. The highest BCUT2D eigenvalue weighted by Gasteiger charge is 2.54. The third kappa shape index (κ3) is 3.46. The fraction of sp³-hybridized carbons (Fsp3) is 0.600. The number of nitrogens with zero attached hydrogens (tertiary/aromatic N) is 2. The van der Waals surface area contributed by atoms with Crippen LogP contribution in [0.3, 0.4) is 0 Å². The number of benzene rings is 1. The van der Waals surface area contributed by atoms with Gasteiger partial charge in [0.1, 0.15) is 11.9 Å². The Balaban J connectivity index is 1.37. The van der Waals surface area contributed by atoms with Crippen LogP contribution in [-0.4, -0.2) is 66.1 Å². The number of morpholine rings is 1. The first-order valence-corrected chi connectivity index (χ1v) is 9.58. The SMILES string of the molecule is O=C(CN1C[C@@H]2CCC[C@@]2(C(=O)O)C1)N1CCOC(c2ccc(F)cc2)C1. The molecule has 4 rings (SSSR count). The summed E-state index contributed by atoms with van der Waals surface area (Å²) in [5, 5.41) is 9.69. The molecule has 1 amide bonds. The number of ether oxygens (including phenoxy) is 1. The van der Waals surface area contributed by atoms with E-state index in [1.54, 1.807) is 17.0 Å². The summed E-state index contributed by atoms with van der Waals surface area (Å²) in [6.07, 6.45) is 2.34. The molecule has 0 bridgehead atoms. The zero-order valence-electron chi connectivity index (χ0n) is 15.3. The standard InChI is InChI=1S/C20H25FN2O4/c21-16-5-3-14(4-6-16)17-11-23(8-9-27-17)18(24)12-22-10-15-2-1-7-20(15,13-22)19(25)26/h3-6,15,17H,1-2,7-13H2,(H,25,26)/t15-,17?,20+/m0/s1. The number of likely N-dealkylation sites (tertiary alicyclic amines) is 1. The molecule has 2 aliphatic heterocycles. The lowest BCUT2D eigenvalue weighted by molar-refractivity contribution is -0.150. The van der Waals surface area contributed by atoms with Gasteiger partial charge < -0.3 is 14.7 Å². The summed E-state index contributed by atoms with van der Waals surface area (Å²) in [5.41, 5.74) is 0.191. The van der Waals surface area contributed by atoms with Gasteiger partial charge in [-0.25, -0.2) is 4.39 Å². The van der Waals surface area contributed by atoms with Crippen molar-refractivity contribution in [3.63, 3.8) is 0 Å². The van der Waals surface area contributed by atoms with E-state index in [9.17, 15) is 19.1 Å². The van der Waals surface area contributed by atoms with Crippen molar-refractivity contribution in [1.29, 1.82) is 0 Å². The smallest absolute Gasteiger partial charge is 0.311 e. The predicted molar refractivity (Wildman–Crippen MR) is 95.5 cm³/mol. The van der Waals surface area contributed by atoms with Gasteiger partial charge in [-0.15, -0.1) is 0 Å². The molecule has 3 aliphatic rings. The van der Waals surface area contributed by atoms with Crippen LogP contribution in [0.2, 0.25) is 0 Å². The van der Waals surface area contributed by atoms with E-state index in [4.69, 9.17) is 4.74 Å². The third-order valence-corrected chi connectivity index (χ3v) is 6.39. The van der Waals surface area contributed by atoms with Crippen molar-refractivity contribution < 1.29 is 23.8 Å². The quantitative estimate of drug-likeness (QED) is 0.869. The number of carboxylic acids is 1. The monoisotopic (exact) mass is 376 g/mol. The van der Waals surface area contributed by atoms with Crippen molar-refractivity contribution in [2.75, 3.05) is 39.3 Å². The van der Waals surface area contributed by atoms with Crippen molar-refractivity contribution >= 4 is 11.9 Å². The predicted octanol–water partition coefficient (Wildman–Crippen LogP) is 1.91. The minimum atomic E-state index is -0.720. The van der Waals surface area contributed by atoms with Gasteiger partial charge in [-0.3, -0.25) is 14.5 Å². The molecule has 27 heavy (non-hydrogen) atoms. The number of carbonyl (C=O) groups excluding carboxylic acids is 1. The van der Waals surface area contributed by atoms with Crippen LogP contribution in [0, 0.1) is 17.2 Å². The number of halogens is 1. The molecule has 1 aromatic rings. The Morgan fingerprint density at radius 3 is 2.74 bits per heavy atom. The number of carbonyl (C=O) groups is 2. The molecule has 7 heteroatoms. The van der Waals surface area contributed by atoms with E-state index in [2.05, 4.69) is 0 Å². The van der Waals surface area contributed by atoms with Gasteiger partial charge in [0, 0.05) is 19.6 Å². The number of hydrogen-bond acceptors (Lipinski definition) is 4. The average Bonchev–Trinajstić information content (AvgIpc) is 3.20. The van der Waals surface area contributed by atoms with Gasteiger partial charge in [0.15, 0.2) is 0 Å². The van der Waals surface area contributed by atoms with Crippen molar-refractivity contribution in [1.82, 2.24) is 9.80 Å². The molecule has 0 radical (unpaired) electrons. The van der Waals surface area contributed by atoms with Crippen molar-refractivity contribution in [2.24, 2.45) is 11.3 Å². The van der Waals surface area contributed by atoms with Gasteiger partial charge in [-0.2, -0.15) is 0 Å². The Kier molecular flexibility index (Phi) is 4.90. The summed E-state index contributed by atoms with van der Waals surface area (Å²) in [6, 6.07) is 6.17. The summed E-state index contributed by atoms with van der Waals surface area (Å²) in [4.78, 5) is 28.4. The first-order chi connectivity index (χ1) is 13.0. The molecule has 0 spiro atoms. The Labute approximate surface area is 157 Å². The fourth-order valence-electron chi connectivity index (χ4n) is 4.91. The normalized spacial score (nSPS) is 31.1. The van der Waals surface area contributed by atoms with E-state index in [1.165, 1.54) is 12.1 Å². The van der Waals surface area contributed by atoms with Crippen LogP contribution < -0.4 is 0 Å². The highest BCUT2D eigenvalue weighted by atomic mass is 19.1. The summed E-state index contributed by atoms with van der Waals surface area (Å²) < 4.78 is 18.9. The maximum atomic E-state index is 13.1. The zero-order chi connectivity index (χ0) is 19.0. The minimum absolute atomic E-state index is 0.00549. The summed E-state index contributed by atoms with van der Waals surface area (Å²) in [6.45, 7) is 2.80. The molecule has 1 aliphatic carbocycles. The van der Waals surface area contributed by atoms with Crippen LogP contribution >= 0.6 is 0 Å². The zero-order valence-corrected chi connectivity index (χ0v) is 15.3. The van der Waals surface area contributed by atoms with E-state index in [0.29, 0.717) is 39.2 Å². The molecule has 3 atom stereocenters. The Bertz CT molecular complexity index is 725. The van der Waals surface area contributed by atoms with Crippen LogP contribution in [0.5, 0.6) is 0 Å². The Morgan fingerprint density at radius 2 is 2.04 bits per heavy atom. The van der Waals surface area contributed by atoms with Gasteiger partial charge in [-0.05, 0) is 36.5 Å². The molecule has 1 unspecified atom stereocenters. The largest absolute Gasteiger partial charge is 0.481 e. The fourth-order valence-corrected chi connectivity index (χ4v) is 4.91. The molecule has 1 saturated carbocycles.